The molecular weight excluding hydrogens is 330 g/mol. The smallest absolute Gasteiger partial charge is 0.269 e. The molecule has 1 aromatic carbocycles. The van der Waals surface area contributed by atoms with E-state index >= 15 is 0 Å². The van der Waals surface area contributed by atoms with Crippen molar-refractivity contribution in [3.8, 4) is 0 Å². The molecule has 0 aliphatic rings. The monoisotopic (exact) mass is 347 g/mol. The van der Waals surface area contributed by atoms with Crippen LogP contribution in [0.15, 0.2) is 53.1 Å². The molecule has 4 nitrogen and oxygen atoms in total. The van der Waals surface area contributed by atoms with Crippen LogP contribution in [0.1, 0.15) is 16.9 Å². The highest BCUT2D eigenvalue weighted by molar-refractivity contribution is 9.10. The minimum absolute atomic E-state index is 0.134. The summed E-state index contributed by atoms with van der Waals surface area (Å²) in [6, 6.07) is 13.7. The zero-order valence-corrected chi connectivity index (χ0v) is 13.5. The second-order valence-corrected chi connectivity index (χ2v) is 5.64. The van der Waals surface area contributed by atoms with E-state index < -0.39 is 0 Å². The number of hydrogen-bond donors (Lipinski definition) is 1. The van der Waals surface area contributed by atoms with Crippen molar-refractivity contribution in [3.63, 3.8) is 0 Å². The summed E-state index contributed by atoms with van der Waals surface area (Å²) in [7, 11) is 2.05. The zero-order chi connectivity index (χ0) is 15.1. The normalized spacial score (nSPS) is 10.2. The van der Waals surface area contributed by atoms with Gasteiger partial charge in [-0.15, -0.1) is 0 Å². The molecule has 0 saturated heterocycles. The minimum atomic E-state index is -0.134. The summed E-state index contributed by atoms with van der Waals surface area (Å²) in [4.78, 5) is 18.1. The Bertz CT molecular complexity index is 572. The van der Waals surface area contributed by atoms with Crippen molar-refractivity contribution < 1.29 is 4.79 Å². The molecule has 2 rings (SSSR count). The molecule has 1 amide bonds. The van der Waals surface area contributed by atoms with Gasteiger partial charge in [-0.25, -0.2) is 4.98 Å². The molecular formula is C16H18BrN3O. The number of amides is 1. The molecule has 0 spiro atoms. The summed E-state index contributed by atoms with van der Waals surface area (Å²) in [5.41, 5.74) is 1.62. The van der Waals surface area contributed by atoms with Gasteiger partial charge in [0.1, 0.15) is 5.69 Å². The van der Waals surface area contributed by atoms with Crippen molar-refractivity contribution >= 4 is 27.5 Å². The van der Waals surface area contributed by atoms with Gasteiger partial charge in [0.25, 0.3) is 5.91 Å². The number of anilines is 1. The molecule has 21 heavy (non-hydrogen) atoms. The van der Waals surface area contributed by atoms with Crippen LogP contribution in [0.25, 0.3) is 0 Å². The van der Waals surface area contributed by atoms with E-state index in [1.807, 2.05) is 31.3 Å². The molecule has 0 bridgehead atoms. The SMILES string of the molecule is CN(CCCNC(=O)c1ccc(Br)cn1)c1ccccc1. The number of pyridine rings is 1. The van der Waals surface area contributed by atoms with Gasteiger partial charge >= 0.3 is 0 Å². The van der Waals surface area contributed by atoms with E-state index in [2.05, 4.69) is 43.3 Å². The largest absolute Gasteiger partial charge is 0.375 e. The number of carbonyl (C=O) groups is 1. The molecule has 0 unspecified atom stereocenters. The Hall–Kier alpha value is -1.88. The lowest BCUT2D eigenvalue weighted by molar-refractivity contribution is 0.0948. The first-order valence-electron chi connectivity index (χ1n) is 6.83. The van der Waals surface area contributed by atoms with E-state index in [4.69, 9.17) is 0 Å². The lowest BCUT2D eigenvalue weighted by Crippen LogP contribution is -2.28. The van der Waals surface area contributed by atoms with Crippen molar-refractivity contribution in [3.05, 3.63) is 58.8 Å². The van der Waals surface area contributed by atoms with Crippen molar-refractivity contribution in [1.29, 1.82) is 0 Å². The van der Waals surface area contributed by atoms with Gasteiger partial charge in [0.05, 0.1) is 0 Å². The predicted molar refractivity (Wildman–Crippen MR) is 88.6 cm³/mol. The summed E-state index contributed by atoms with van der Waals surface area (Å²) in [5, 5.41) is 2.88. The van der Waals surface area contributed by atoms with Gasteiger partial charge < -0.3 is 10.2 Å². The lowest BCUT2D eigenvalue weighted by Gasteiger charge is -2.19. The number of rotatable bonds is 6. The van der Waals surface area contributed by atoms with Gasteiger partial charge in [0.2, 0.25) is 0 Å². The average Bonchev–Trinajstić information content (AvgIpc) is 2.52. The maximum absolute atomic E-state index is 11.9. The standard InChI is InChI=1S/C16H18BrN3O/c1-20(14-6-3-2-4-7-14)11-5-10-18-16(21)15-9-8-13(17)12-19-15/h2-4,6-9,12H,5,10-11H2,1H3,(H,18,21). The van der Waals surface area contributed by atoms with Crippen LogP contribution in [0.3, 0.4) is 0 Å². The molecule has 0 aliphatic carbocycles. The number of para-hydroxylation sites is 1. The topological polar surface area (TPSA) is 45.2 Å². The van der Waals surface area contributed by atoms with Crippen molar-refractivity contribution in [2.24, 2.45) is 0 Å². The van der Waals surface area contributed by atoms with Crippen LogP contribution in [-0.2, 0) is 0 Å². The van der Waals surface area contributed by atoms with Crippen LogP contribution < -0.4 is 10.2 Å². The zero-order valence-electron chi connectivity index (χ0n) is 11.9. The van der Waals surface area contributed by atoms with E-state index in [-0.39, 0.29) is 5.91 Å². The molecule has 1 N–H and O–H groups in total. The first-order valence-corrected chi connectivity index (χ1v) is 7.62. The quantitative estimate of drug-likeness (QED) is 0.816. The highest BCUT2D eigenvalue weighted by Gasteiger charge is 2.06. The number of benzene rings is 1. The molecule has 5 heteroatoms. The molecule has 0 radical (unpaired) electrons. The van der Waals surface area contributed by atoms with E-state index in [0.717, 1.165) is 17.4 Å². The maximum Gasteiger partial charge on any atom is 0.269 e. The second-order valence-electron chi connectivity index (χ2n) is 4.73. The predicted octanol–water partition coefficient (Wildman–Crippen LogP) is 3.10. The Balaban J connectivity index is 1.72. The number of aromatic nitrogens is 1. The molecule has 1 heterocycles. The van der Waals surface area contributed by atoms with Gasteiger partial charge in [-0.2, -0.15) is 0 Å². The summed E-state index contributed by atoms with van der Waals surface area (Å²) < 4.78 is 0.864. The molecule has 0 atom stereocenters. The van der Waals surface area contributed by atoms with Crippen LogP contribution in [0.4, 0.5) is 5.69 Å². The van der Waals surface area contributed by atoms with Crippen molar-refractivity contribution in [2.45, 2.75) is 6.42 Å². The van der Waals surface area contributed by atoms with Crippen LogP contribution in [0.2, 0.25) is 0 Å². The number of nitrogens with one attached hydrogen (secondary N) is 1. The number of halogens is 1. The lowest BCUT2D eigenvalue weighted by atomic mass is 10.3. The highest BCUT2D eigenvalue weighted by atomic mass is 79.9. The van der Waals surface area contributed by atoms with Gasteiger partial charge in [0.15, 0.2) is 0 Å². The number of carbonyl (C=O) groups excluding carboxylic acids is 1. The third-order valence-electron chi connectivity index (χ3n) is 3.11. The van der Waals surface area contributed by atoms with Crippen LogP contribution in [0, 0.1) is 0 Å². The van der Waals surface area contributed by atoms with E-state index in [1.54, 1.807) is 12.3 Å². The van der Waals surface area contributed by atoms with E-state index in [1.165, 1.54) is 5.69 Å². The molecule has 1 aromatic heterocycles. The third kappa shape index (κ3) is 4.86. The third-order valence-corrected chi connectivity index (χ3v) is 3.58. The van der Waals surface area contributed by atoms with Gasteiger partial charge in [0, 0.05) is 36.5 Å². The fraction of sp³-hybridized carbons (Fsp3) is 0.250. The highest BCUT2D eigenvalue weighted by Crippen LogP contribution is 2.11. The first-order chi connectivity index (χ1) is 10.2. The average molecular weight is 348 g/mol. The second kappa shape index (κ2) is 7.78. The fourth-order valence-corrected chi connectivity index (χ4v) is 2.16. The van der Waals surface area contributed by atoms with Crippen LogP contribution >= 0.6 is 15.9 Å². The Kier molecular flexibility index (Phi) is 5.75. The van der Waals surface area contributed by atoms with Gasteiger partial charge in [-0.1, -0.05) is 18.2 Å². The van der Waals surface area contributed by atoms with Crippen LogP contribution in [-0.4, -0.2) is 31.0 Å². The molecule has 2 aromatic rings. The minimum Gasteiger partial charge on any atom is -0.375 e. The fourth-order valence-electron chi connectivity index (χ4n) is 1.93. The van der Waals surface area contributed by atoms with Crippen LogP contribution in [0.5, 0.6) is 0 Å². The Morgan fingerprint density at radius 3 is 2.67 bits per heavy atom. The first kappa shape index (κ1) is 15.5. The van der Waals surface area contributed by atoms with Crippen molar-refractivity contribution in [1.82, 2.24) is 10.3 Å². The number of nitrogens with zero attached hydrogens (tertiary/aromatic N) is 2. The Labute approximate surface area is 133 Å². The maximum atomic E-state index is 11.9. The molecule has 110 valence electrons. The molecule has 0 fully saturated rings. The summed E-state index contributed by atoms with van der Waals surface area (Å²) in [6.07, 6.45) is 2.51. The van der Waals surface area contributed by atoms with Gasteiger partial charge in [-0.3, -0.25) is 4.79 Å². The summed E-state index contributed by atoms with van der Waals surface area (Å²) in [5.74, 6) is -0.134. The molecule has 0 saturated carbocycles. The van der Waals surface area contributed by atoms with E-state index in [0.29, 0.717) is 12.2 Å². The van der Waals surface area contributed by atoms with E-state index in [9.17, 15) is 4.79 Å². The van der Waals surface area contributed by atoms with Crippen molar-refractivity contribution in [2.75, 3.05) is 25.0 Å². The number of hydrogen-bond acceptors (Lipinski definition) is 3. The summed E-state index contributed by atoms with van der Waals surface area (Å²) in [6.45, 7) is 1.52. The molecule has 0 aliphatic heterocycles. The Morgan fingerprint density at radius 1 is 1.24 bits per heavy atom. The summed E-state index contributed by atoms with van der Waals surface area (Å²) >= 11 is 3.30. The van der Waals surface area contributed by atoms with Gasteiger partial charge in [-0.05, 0) is 46.6 Å². The Morgan fingerprint density at radius 2 is 2.00 bits per heavy atom.